The summed E-state index contributed by atoms with van der Waals surface area (Å²) in [4.78, 5) is 11.7. The SMILES string of the molecule is C[C@H](CCN)n1nc(-c2ccsc2)ccc1=O. The first-order valence-electron chi connectivity index (χ1n) is 5.55. The highest BCUT2D eigenvalue weighted by Gasteiger charge is 2.09. The van der Waals surface area contributed by atoms with Crippen molar-refractivity contribution in [2.45, 2.75) is 19.4 Å². The van der Waals surface area contributed by atoms with Gasteiger partial charge in [-0.05, 0) is 37.4 Å². The van der Waals surface area contributed by atoms with Gasteiger partial charge in [0.15, 0.2) is 0 Å². The lowest BCUT2D eigenvalue weighted by atomic mass is 10.2. The predicted molar refractivity (Wildman–Crippen MR) is 70.2 cm³/mol. The smallest absolute Gasteiger partial charge is 0.267 e. The fourth-order valence-electron chi connectivity index (χ4n) is 1.67. The van der Waals surface area contributed by atoms with E-state index in [1.807, 2.05) is 23.8 Å². The van der Waals surface area contributed by atoms with Gasteiger partial charge in [0.05, 0.1) is 11.7 Å². The molecule has 2 rings (SSSR count). The summed E-state index contributed by atoms with van der Waals surface area (Å²) in [6.07, 6.45) is 0.750. The molecule has 2 N–H and O–H groups in total. The minimum absolute atomic E-state index is 0.0334. The molecule has 0 aliphatic carbocycles. The maximum absolute atomic E-state index is 11.7. The Hall–Kier alpha value is -1.46. The Bertz CT molecular complexity index is 533. The van der Waals surface area contributed by atoms with E-state index in [1.165, 1.54) is 4.68 Å². The topological polar surface area (TPSA) is 60.9 Å². The van der Waals surface area contributed by atoms with Gasteiger partial charge in [0.2, 0.25) is 0 Å². The number of thiophene rings is 1. The van der Waals surface area contributed by atoms with E-state index >= 15 is 0 Å². The van der Waals surface area contributed by atoms with Gasteiger partial charge in [-0.3, -0.25) is 4.79 Å². The molecule has 0 fully saturated rings. The van der Waals surface area contributed by atoms with Gasteiger partial charge in [-0.2, -0.15) is 16.4 Å². The maximum atomic E-state index is 11.7. The molecule has 0 radical (unpaired) electrons. The van der Waals surface area contributed by atoms with Crippen LogP contribution in [-0.2, 0) is 0 Å². The summed E-state index contributed by atoms with van der Waals surface area (Å²) in [6, 6.07) is 5.35. The molecule has 2 aromatic heterocycles. The van der Waals surface area contributed by atoms with Crippen molar-refractivity contribution in [2.75, 3.05) is 6.54 Å². The highest BCUT2D eigenvalue weighted by Crippen LogP contribution is 2.19. The van der Waals surface area contributed by atoms with E-state index in [0.29, 0.717) is 6.54 Å². The third-order valence-electron chi connectivity index (χ3n) is 2.64. The fourth-order valence-corrected chi connectivity index (χ4v) is 2.32. The predicted octanol–water partition coefficient (Wildman–Crippen LogP) is 1.88. The molecular formula is C12H15N3OS. The molecule has 0 aliphatic rings. The second kappa shape index (κ2) is 5.25. The van der Waals surface area contributed by atoms with Crippen LogP contribution in [0.25, 0.3) is 11.3 Å². The Morgan fingerprint density at radius 3 is 2.94 bits per heavy atom. The van der Waals surface area contributed by atoms with Crippen molar-refractivity contribution >= 4 is 11.3 Å². The van der Waals surface area contributed by atoms with Crippen LogP contribution in [0.3, 0.4) is 0 Å². The first-order chi connectivity index (χ1) is 8.22. The Balaban J connectivity index is 2.39. The Morgan fingerprint density at radius 2 is 2.29 bits per heavy atom. The maximum Gasteiger partial charge on any atom is 0.267 e. The lowest BCUT2D eigenvalue weighted by Gasteiger charge is -2.13. The number of aromatic nitrogens is 2. The van der Waals surface area contributed by atoms with Crippen molar-refractivity contribution in [3.8, 4) is 11.3 Å². The van der Waals surface area contributed by atoms with Crippen molar-refractivity contribution in [1.29, 1.82) is 0 Å². The van der Waals surface area contributed by atoms with Crippen LogP contribution in [0.4, 0.5) is 0 Å². The highest BCUT2D eigenvalue weighted by atomic mass is 32.1. The zero-order valence-corrected chi connectivity index (χ0v) is 10.5. The zero-order valence-electron chi connectivity index (χ0n) is 9.67. The van der Waals surface area contributed by atoms with Crippen molar-refractivity contribution in [1.82, 2.24) is 9.78 Å². The van der Waals surface area contributed by atoms with Crippen LogP contribution < -0.4 is 11.3 Å². The molecule has 0 aliphatic heterocycles. The molecule has 0 aromatic carbocycles. The summed E-state index contributed by atoms with van der Waals surface area (Å²) in [7, 11) is 0. The van der Waals surface area contributed by atoms with Gasteiger partial charge in [0.25, 0.3) is 5.56 Å². The number of hydrogen-bond acceptors (Lipinski definition) is 4. The molecule has 4 nitrogen and oxygen atoms in total. The number of nitrogens with zero attached hydrogens (tertiary/aromatic N) is 2. The molecule has 0 saturated carbocycles. The van der Waals surface area contributed by atoms with E-state index in [4.69, 9.17) is 5.73 Å². The summed E-state index contributed by atoms with van der Waals surface area (Å²) in [5.41, 5.74) is 7.30. The molecule has 17 heavy (non-hydrogen) atoms. The molecule has 90 valence electrons. The summed E-state index contributed by atoms with van der Waals surface area (Å²) in [5.74, 6) is 0. The minimum Gasteiger partial charge on any atom is -0.330 e. The van der Waals surface area contributed by atoms with Gasteiger partial charge in [-0.1, -0.05) is 0 Å². The van der Waals surface area contributed by atoms with Crippen LogP contribution in [0.2, 0.25) is 0 Å². The van der Waals surface area contributed by atoms with Crippen LogP contribution in [0, 0.1) is 0 Å². The standard InChI is InChI=1S/C12H15N3OS/c1-9(4-6-13)15-12(16)3-2-11(14-15)10-5-7-17-8-10/h2-3,5,7-9H,4,6,13H2,1H3/t9-/m1/s1. The van der Waals surface area contributed by atoms with E-state index in [1.54, 1.807) is 23.5 Å². The van der Waals surface area contributed by atoms with Crippen LogP contribution in [-0.4, -0.2) is 16.3 Å². The number of hydrogen-bond donors (Lipinski definition) is 1. The molecule has 2 heterocycles. The third kappa shape index (κ3) is 2.62. The molecule has 0 spiro atoms. The molecular weight excluding hydrogens is 234 g/mol. The summed E-state index contributed by atoms with van der Waals surface area (Å²) < 4.78 is 1.51. The Kier molecular flexibility index (Phi) is 3.71. The van der Waals surface area contributed by atoms with Gasteiger partial charge in [0, 0.05) is 17.0 Å². The fraction of sp³-hybridized carbons (Fsp3) is 0.333. The molecule has 0 unspecified atom stereocenters. The van der Waals surface area contributed by atoms with Crippen LogP contribution in [0.5, 0.6) is 0 Å². The average Bonchev–Trinajstić information content (AvgIpc) is 2.83. The molecule has 1 atom stereocenters. The largest absolute Gasteiger partial charge is 0.330 e. The van der Waals surface area contributed by atoms with E-state index in [-0.39, 0.29) is 11.6 Å². The Labute approximate surface area is 104 Å². The molecule has 5 heteroatoms. The second-order valence-corrected chi connectivity index (χ2v) is 4.72. The van der Waals surface area contributed by atoms with Crippen molar-refractivity contribution < 1.29 is 0 Å². The molecule has 2 aromatic rings. The number of rotatable bonds is 4. The molecule has 0 saturated heterocycles. The normalized spacial score (nSPS) is 12.6. The van der Waals surface area contributed by atoms with E-state index in [2.05, 4.69) is 5.10 Å². The van der Waals surface area contributed by atoms with Crippen LogP contribution in [0.1, 0.15) is 19.4 Å². The van der Waals surface area contributed by atoms with Gasteiger partial charge in [-0.25, -0.2) is 4.68 Å². The van der Waals surface area contributed by atoms with Crippen LogP contribution >= 0.6 is 11.3 Å². The lowest BCUT2D eigenvalue weighted by Crippen LogP contribution is -2.26. The van der Waals surface area contributed by atoms with Gasteiger partial charge >= 0.3 is 0 Å². The van der Waals surface area contributed by atoms with Crippen molar-refractivity contribution in [3.05, 3.63) is 39.3 Å². The molecule has 0 bridgehead atoms. The first kappa shape index (κ1) is 12.0. The quantitative estimate of drug-likeness (QED) is 0.900. The monoisotopic (exact) mass is 249 g/mol. The second-order valence-electron chi connectivity index (χ2n) is 3.94. The lowest BCUT2D eigenvalue weighted by molar-refractivity contribution is 0.445. The average molecular weight is 249 g/mol. The van der Waals surface area contributed by atoms with Gasteiger partial charge < -0.3 is 5.73 Å². The summed E-state index contributed by atoms with van der Waals surface area (Å²) in [6.45, 7) is 2.51. The third-order valence-corrected chi connectivity index (χ3v) is 3.33. The first-order valence-corrected chi connectivity index (χ1v) is 6.49. The van der Waals surface area contributed by atoms with Crippen LogP contribution in [0.15, 0.2) is 33.8 Å². The minimum atomic E-state index is -0.0788. The van der Waals surface area contributed by atoms with E-state index < -0.39 is 0 Å². The van der Waals surface area contributed by atoms with E-state index in [0.717, 1.165) is 17.7 Å². The van der Waals surface area contributed by atoms with Crippen molar-refractivity contribution in [2.24, 2.45) is 5.73 Å². The van der Waals surface area contributed by atoms with Gasteiger partial charge in [-0.15, -0.1) is 0 Å². The molecule has 0 amide bonds. The van der Waals surface area contributed by atoms with Gasteiger partial charge in [0.1, 0.15) is 0 Å². The summed E-state index contributed by atoms with van der Waals surface area (Å²) >= 11 is 1.62. The van der Waals surface area contributed by atoms with E-state index in [9.17, 15) is 4.79 Å². The summed E-state index contributed by atoms with van der Waals surface area (Å²) in [5, 5.41) is 8.40. The van der Waals surface area contributed by atoms with Crippen molar-refractivity contribution in [3.63, 3.8) is 0 Å². The Morgan fingerprint density at radius 1 is 1.47 bits per heavy atom. The highest BCUT2D eigenvalue weighted by molar-refractivity contribution is 7.08. The number of nitrogens with two attached hydrogens (primary N) is 1. The zero-order chi connectivity index (χ0) is 12.3.